The zero-order chi connectivity index (χ0) is 21.8. The van der Waals surface area contributed by atoms with Crippen LogP contribution in [0.4, 0.5) is 0 Å². The van der Waals surface area contributed by atoms with E-state index in [0.29, 0.717) is 33.9 Å². The minimum absolute atomic E-state index is 0.0354. The van der Waals surface area contributed by atoms with Crippen molar-refractivity contribution in [1.29, 1.82) is 0 Å². The van der Waals surface area contributed by atoms with E-state index in [-0.39, 0.29) is 12.8 Å². The van der Waals surface area contributed by atoms with Crippen molar-refractivity contribution in [2.24, 2.45) is 0 Å². The van der Waals surface area contributed by atoms with Gasteiger partial charge in [0.1, 0.15) is 5.75 Å². The van der Waals surface area contributed by atoms with E-state index in [0.717, 1.165) is 11.3 Å². The van der Waals surface area contributed by atoms with E-state index >= 15 is 0 Å². The summed E-state index contributed by atoms with van der Waals surface area (Å²) in [6.07, 6.45) is 2.54. The van der Waals surface area contributed by atoms with Crippen LogP contribution < -0.4 is 4.74 Å². The molecule has 1 N–H and O–H groups in total. The van der Waals surface area contributed by atoms with Crippen molar-refractivity contribution in [1.82, 2.24) is 10.1 Å². The SMILES string of the molecule is CC(Cc1ccccc1)(Oc1cc2onc(CCC(=O)O)c2cc1Cl)c1ccccn1. The average Bonchev–Trinajstić information content (AvgIpc) is 3.15. The number of halogens is 1. The maximum Gasteiger partial charge on any atom is 0.303 e. The van der Waals surface area contributed by atoms with Crippen LogP contribution in [-0.4, -0.2) is 21.2 Å². The summed E-state index contributed by atoms with van der Waals surface area (Å²) in [6, 6.07) is 19.1. The molecule has 1 unspecified atom stereocenters. The fraction of sp³-hybridized carbons (Fsp3) is 0.208. The van der Waals surface area contributed by atoms with Gasteiger partial charge in [-0.25, -0.2) is 0 Å². The van der Waals surface area contributed by atoms with Gasteiger partial charge in [-0.2, -0.15) is 0 Å². The molecule has 0 radical (unpaired) electrons. The van der Waals surface area contributed by atoms with Crippen molar-refractivity contribution in [2.75, 3.05) is 0 Å². The Morgan fingerprint density at radius 1 is 1.16 bits per heavy atom. The molecule has 0 aliphatic heterocycles. The van der Waals surface area contributed by atoms with Crippen LogP contribution >= 0.6 is 11.6 Å². The number of pyridine rings is 1. The normalized spacial score (nSPS) is 13.1. The lowest BCUT2D eigenvalue weighted by Crippen LogP contribution is -2.33. The number of rotatable bonds is 8. The number of aryl methyl sites for hydroxylation is 1. The monoisotopic (exact) mass is 436 g/mol. The third-order valence-electron chi connectivity index (χ3n) is 5.10. The fourth-order valence-corrected chi connectivity index (χ4v) is 3.76. The van der Waals surface area contributed by atoms with E-state index < -0.39 is 11.6 Å². The highest BCUT2D eigenvalue weighted by atomic mass is 35.5. The fourth-order valence-electron chi connectivity index (χ4n) is 3.56. The van der Waals surface area contributed by atoms with Gasteiger partial charge < -0.3 is 14.4 Å². The van der Waals surface area contributed by atoms with Crippen molar-refractivity contribution in [3.05, 3.63) is 88.8 Å². The van der Waals surface area contributed by atoms with Gasteiger partial charge in [0.15, 0.2) is 11.2 Å². The Labute approximate surface area is 184 Å². The van der Waals surface area contributed by atoms with Gasteiger partial charge in [-0.1, -0.05) is 53.2 Å². The Kier molecular flexibility index (Phi) is 5.91. The van der Waals surface area contributed by atoms with Gasteiger partial charge in [-0.15, -0.1) is 0 Å². The number of ether oxygens (including phenoxy) is 1. The number of nitrogens with zero attached hydrogens (tertiary/aromatic N) is 2. The second kappa shape index (κ2) is 8.78. The highest BCUT2D eigenvalue weighted by Crippen LogP contribution is 2.38. The summed E-state index contributed by atoms with van der Waals surface area (Å²) in [7, 11) is 0. The van der Waals surface area contributed by atoms with Crippen LogP contribution in [0.5, 0.6) is 5.75 Å². The van der Waals surface area contributed by atoms with E-state index in [4.69, 9.17) is 26.0 Å². The molecule has 4 aromatic rings. The van der Waals surface area contributed by atoms with Crippen LogP contribution in [-0.2, 0) is 23.2 Å². The number of aliphatic carboxylic acids is 1. The summed E-state index contributed by atoms with van der Waals surface area (Å²) < 4.78 is 11.9. The maximum atomic E-state index is 10.9. The van der Waals surface area contributed by atoms with Gasteiger partial charge >= 0.3 is 5.97 Å². The van der Waals surface area contributed by atoms with Crippen LogP contribution in [0, 0.1) is 0 Å². The number of fused-ring (bicyclic) bond motifs is 1. The van der Waals surface area contributed by atoms with Crippen LogP contribution in [0.15, 0.2) is 71.4 Å². The summed E-state index contributed by atoms with van der Waals surface area (Å²) in [5.74, 6) is -0.451. The molecule has 0 saturated carbocycles. The second-order valence-corrected chi connectivity index (χ2v) is 7.92. The lowest BCUT2D eigenvalue weighted by Gasteiger charge is -2.31. The first-order chi connectivity index (χ1) is 14.9. The highest BCUT2D eigenvalue weighted by Gasteiger charge is 2.32. The predicted octanol–water partition coefficient (Wildman–Crippen LogP) is 5.43. The number of carbonyl (C=O) groups is 1. The molecule has 0 saturated heterocycles. The van der Waals surface area contributed by atoms with E-state index in [9.17, 15) is 4.79 Å². The van der Waals surface area contributed by atoms with Crippen LogP contribution in [0.1, 0.15) is 30.3 Å². The van der Waals surface area contributed by atoms with Crippen molar-refractivity contribution in [3.8, 4) is 5.75 Å². The Hall–Kier alpha value is -3.38. The molecule has 0 amide bonds. The number of carboxylic acids is 1. The number of hydrogen-bond donors (Lipinski definition) is 1. The highest BCUT2D eigenvalue weighted by molar-refractivity contribution is 6.32. The number of hydrogen-bond acceptors (Lipinski definition) is 5. The first-order valence-electron chi connectivity index (χ1n) is 9.89. The molecule has 0 fully saturated rings. The van der Waals surface area contributed by atoms with Gasteiger partial charge in [0.2, 0.25) is 0 Å². The topological polar surface area (TPSA) is 85.5 Å². The average molecular weight is 437 g/mol. The lowest BCUT2D eigenvalue weighted by atomic mass is 9.92. The smallest absolute Gasteiger partial charge is 0.303 e. The zero-order valence-electron chi connectivity index (χ0n) is 16.9. The zero-order valence-corrected chi connectivity index (χ0v) is 17.7. The van der Waals surface area contributed by atoms with Gasteiger partial charge in [0, 0.05) is 30.5 Å². The van der Waals surface area contributed by atoms with Crippen molar-refractivity contribution < 1.29 is 19.2 Å². The molecule has 2 aromatic carbocycles. The Morgan fingerprint density at radius 2 is 1.94 bits per heavy atom. The largest absolute Gasteiger partial charge is 0.481 e. The van der Waals surface area contributed by atoms with Crippen molar-refractivity contribution in [2.45, 2.75) is 31.8 Å². The molecule has 31 heavy (non-hydrogen) atoms. The van der Waals surface area contributed by atoms with E-state index in [1.807, 2.05) is 55.5 Å². The van der Waals surface area contributed by atoms with Gasteiger partial charge in [0.25, 0.3) is 0 Å². The quantitative estimate of drug-likeness (QED) is 0.396. The molecule has 1 atom stereocenters. The van der Waals surface area contributed by atoms with E-state index in [1.165, 1.54) is 0 Å². The molecule has 0 aliphatic carbocycles. The molecular formula is C24H21ClN2O4. The summed E-state index contributed by atoms with van der Waals surface area (Å²) in [5.41, 5.74) is 2.13. The van der Waals surface area contributed by atoms with Crippen LogP contribution in [0.25, 0.3) is 11.0 Å². The van der Waals surface area contributed by atoms with Crippen LogP contribution in [0.3, 0.4) is 0 Å². The number of benzene rings is 2. The summed E-state index contributed by atoms with van der Waals surface area (Å²) in [5, 5.41) is 14.0. The van der Waals surface area contributed by atoms with Gasteiger partial charge in [-0.3, -0.25) is 9.78 Å². The van der Waals surface area contributed by atoms with Crippen molar-refractivity contribution in [3.63, 3.8) is 0 Å². The Bertz CT molecular complexity index is 1190. The predicted molar refractivity (Wildman–Crippen MR) is 117 cm³/mol. The second-order valence-electron chi connectivity index (χ2n) is 7.51. The first kappa shape index (κ1) is 20.9. The van der Waals surface area contributed by atoms with Gasteiger partial charge in [-0.05, 0) is 30.7 Å². The van der Waals surface area contributed by atoms with Crippen LogP contribution in [0.2, 0.25) is 5.02 Å². The minimum Gasteiger partial charge on any atom is -0.481 e. The molecule has 7 heteroatoms. The Morgan fingerprint density at radius 3 is 2.65 bits per heavy atom. The molecular weight excluding hydrogens is 416 g/mol. The number of aromatic nitrogens is 2. The summed E-state index contributed by atoms with van der Waals surface area (Å²) >= 11 is 6.56. The summed E-state index contributed by atoms with van der Waals surface area (Å²) in [6.45, 7) is 1.97. The third kappa shape index (κ3) is 4.70. The Balaban J connectivity index is 1.69. The third-order valence-corrected chi connectivity index (χ3v) is 5.40. The molecule has 0 spiro atoms. The van der Waals surface area contributed by atoms with Gasteiger partial charge in [0.05, 0.1) is 22.8 Å². The first-order valence-corrected chi connectivity index (χ1v) is 10.3. The van der Waals surface area contributed by atoms with E-state index in [2.05, 4.69) is 10.1 Å². The molecule has 4 rings (SSSR count). The van der Waals surface area contributed by atoms with E-state index in [1.54, 1.807) is 18.3 Å². The molecule has 0 aliphatic rings. The maximum absolute atomic E-state index is 10.9. The summed E-state index contributed by atoms with van der Waals surface area (Å²) in [4.78, 5) is 15.4. The molecule has 2 heterocycles. The molecule has 158 valence electrons. The molecule has 2 aromatic heterocycles. The molecule has 0 bridgehead atoms. The standard InChI is InChI=1S/C24H21ClN2O4/c1-24(22-9-5-6-12-26-22,15-16-7-3-2-4-8-16)30-21-14-20-17(13-18(21)25)19(27-31-20)10-11-23(28)29/h2-9,12-14H,10-11,15H2,1H3,(H,28,29). The molecule has 6 nitrogen and oxygen atoms in total. The van der Waals surface area contributed by atoms with Crippen molar-refractivity contribution >= 4 is 28.5 Å². The minimum atomic E-state index is -0.894. The lowest BCUT2D eigenvalue weighted by molar-refractivity contribution is -0.136. The number of carboxylic acid groups (broad SMARTS) is 1.